The second-order valence-electron chi connectivity index (χ2n) is 5.62. The fraction of sp³-hybridized carbons (Fsp3) is 0.533. The van der Waals surface area contributed by atoms with Gasteiger partial charge in [0.2, 0.25) is 5.91 Å². The van der Waals surface area contributed by atoms with Crippen molar-refractivity contribution in [2.45, 2.75) is 26.7 Å². The van der Waals surface area contributed by atoms with Gasteiger partial charge in [-0.15, -0.1) is 0 Å². The van der Waals surface area contributed by atoms with Crippen LogP contribution in [0.1, 0.15) is 25.8 Å². The molecule has 0 spiro atoms. The fourth-order valence-corrected chi connectivity index (χ4v) is 3.06. The van der Waals surface area contributed by atoms with Gasteiger partial charge < -0.3 is 4.90 Å². The molecule has 1 heterocycles. The second-order valence-corrected chi connectivity index (χ2v) is 6.03. The molecule has 1 aromatic rings. The van der Waals surface area contributed by atoms with E-state index in [1.54, 1.807) is 12.1 Å². The molecule has 0 N–H and O–H groups in total. The molecule has 4 heteroatoms. The van der Waals surface area contributed by atoms with Gasteiger partial charge in [0.05, 0.1) is 6.42 Å². The van der Waals surface area contributed by atoms with Gasteiger partial charge in [0, 0.05) is 23.7 Å². The second kappa shape index (κ2) is 5.91. The van der Waals surface area contributed by atoms with Crippen LogP contribution in [0.4, 0.5) is 4.39 Å². The lowest BCUT2D eigenvalue weighted by Crippen LogP contribution is -2.43. The maximum Gasteiger partial charge on any atom is 0.227 e. The molecular weight excluding hydrogens is 265 g/mol. The third-order valence-corrected chi connectivity index (χ3v) is 3.97. The molecule has 2 atom stereocenters. The first-order chi connectivity index (χ1) is 8.97. The van der Waals surface area contributed by atoms with Crippen molar-refractivity contribution < 1.29 is 9.18 Å². The van der Waals surface area contributed by atoms with Gasteiger partial charge in [0.15, 0.2) is 0 Å². The molecule has 0 unspecified atom stereocenters. The minimum atomic E-state index is -0.404. The van der Waals surface area contributed by atoms with Crippen LogP contribution in [0.5, 0.6) is 0 Å². The Balaban J connectivity index is 2.08. The number of hydrogen-bond donors (Lipinski definition) is 0. The highest BCUT2D eigenvalue weighted by Crippen LogP contribution is 2.24. The molecule has 0 bridgehead atoms. The average Bonchev–Trinajstić information content (AvgIpc) is 2.32. The van der Waals surface area contributed by atoms with E-state index < -0.39 is 5.82 Å². The molecule has 1 fully saturated rings. The summed E-state index contributed by atoms with van der Waals surface area (Å²) in [6.45, 7) is 5.81. The van der Waals surface area contributed by atoms with Crippen LogP contribution in [0.3, 0.4) is 0 Å². The molecule has 1 aliphatic heterocycles. The van der Waals surface area contributed by atoms with Gasteiger partial charge in [0.25, 0.3) is 0 Å². The molecule has 1 aliphatic rings. The lowest BCUT2D eigenvalue weighted by molar-refractivity contribution is -0.133. The summed E-state index contributed by atoms with van der Waals surface area (Å²) in [5.74, 6) is 0.567. The minimum absolute atomic E-state index is 0.0367. The largest absolute Gasteiger partial charge is 0.342 e. The maximum atomic E-state index is 13.7. The summed E-state index contributed by atoms with van der Waals surface area (Å²) in [6, 6.07) is 4.52. The van der Waals surface area contributed by atoms with Gasteiger partial charge in [-0.2, -0.15) is 0 Å². The molecule has 0 radical (unpaired) electrons. The highest BCUT2D eigenvalue weighted by Gasteiger charge is 2.26. The summed E-state index contributed by atoms with van der Waals surface area (Å²) in [5, 5.41) is 0.325. The lowest BCUT2D eigenvalue weighted by atomic mass is 9.91. The highest BCUT2D eigenvalue weighted by molar-refractivity contribution is 6.31. The topological polar surface area (TPSA) is 20.3 Å². The van der Waals surface area contributed by atoms with E-state index >= 15 is 0 Å². The predicted molar refractivity (Wildman–Crippen MR) is 74.6 cm³/mol. The first-order valence-corrected chi connectivity index (χ1v) is 7.05. The highest BCUT2D eigenvalue weighted by atomic mass is 35.5. The predicted octanol–water partition coefficient (Wildman–Crippen LogP) is 3.53. The number of amides is 1. The van der Waals surface area contributed by atoms with Crippen molar-refractivity contribution in [1.82, 2.24) is 4.90 Å². The summed E-state index contributed by atoms with van der Waals surface area (Å²) in [5.41, 5.74) is 0.306. The van der Waals surface area contributed by atoms with Crippen LogP contribution < -0.4 is 0 Å². The summed E-state index contributed by atoms with van der Waals surface area (Å²) in [6.07, 6.45) is 1.19. The van der Waals surface area contributed by atoms with Crippen molar-refractivity contribution in [2.75, 3.05) is 13.1 Å². The summed E-state index contributed by atoms with van der Waals surface area (Å²) >= 11 is 5.96. The van der Waals surface area contributed by atoms with Crippen molar-refractivity contribution in [3.63, 3.8) is 0 Å². The van der Waals surface area contributed by atoms with Crippen LogP contribution in [-0.2, 0) is 11.2 Å². The Labute approximate surface area is 118 Å². The van der Waals surface area contributed by atoms with Gasteiger partial charge >= 0.3 is 0 Å². The molecule has 104 valence electrons. The molecule has 0 aromatic heterocycles. The van der Waals surface area contributed by atoms with E-state index in [4.69, 9.17) is 11.6 Å². The Bertz CT molecular complexity index is 447. The summed E-state index contributed by atoms with van der Waals surface area (Å²) < 4.78 is 13.7. The number of carbonyl (C=O) groups excluding carboxylic acids is 1. The van der Waals surface area contributed by atoms with Crippen molar-refractivity contribution in [2.24, 2.45) is 11.8 Å². The zero-order chi connectivity index (χ0) is 14.0. The van der Waals surface area contributed by atoms with E-state index in [0.717, 1.165) is 19.5 Å². The van der Waals surface area contributed by atoms with E-state index in [2.05, 4.69) is 13.8 Å². The number of likely N-dealkylation sites (tertiary alicyclic amines) is 1. The van der Waals surface area contributed by atoms with Crippen LogP contribution in [0, 0.1) is 17.7 Å². The van der Waals surface area contributed by atoms with Crippen molar-refractivity contribution in [1.29, 1.82) is 0 Å². The number of rotatable bonds is 2. The Morgan fingerprint density at radius 1 is 1.37 bits per heavy atom. The Kier molecular flexibility index (Phi) is 4.46. The Hall–Kier alpha value is -1.09. The monoisotopic (exact) mass is 283 g/mol. The van der Waals surface area contributed by atoms with E-state index in [0.29, 0.717) is 22.4 Å². The van der Waals surface area contributed by atoms with Crippen LogP contribution in [0.2, 0.25) is 5.02 Å². The van der Waals surface area contributed by atoms with Gasteiger partial charge in [0.1, 0.15) is 5.82 Å². The van der Waals surface area contributed by atoms with Gasteiger partial charge in [-0.05, 0) is 30.4 Å². The smallest absolute Gasteiger partial charge is 0.227 e. The van der Waals surface area contributed by atoms with Crippen LogP contribution in [0.15, 0.2) is 18.2 Å². The van der Waals surface area contributed by atoms with Gasteiger partial charge in [-0.3, -0.25) is 4.79 Å². The van der Waals surface area contributed by atoms with Crippen LogP contribution in [0.25, 0.3) is 0 Å². The zero-order valence-corrected chi connectivity index (χ0v) is 12.1. The maximum absolute atomic E-state index is 13.7. The van der Waals surface area contributed by atoms with Gasteiger partial charge in [-0.25, -0.2) is 4.39 Å². The summed E-state index contributed by atoms with van der Waals surface area (Å²) in [7, 11) is 0. The standard InChI is InChI=1S/C15H19ClFNO/c1-10-6-11(2)9-18(8-10)15(19)7-12-13(16)4-3-5-14(12)17/h3-5,10-11H,6-9H2,1-2H3/t10-,11+. The number of hydrogen-bond acceptors (Lipinski definition) is 1. The summed E-state index contributed by atoms with van der Waals surface area (Å²) in [4.78, 5) is 14.1. The SMILES string of the molecule is C[C@@H]1C[C@H](C)CN(C(=O)Cc2c(F)cccc2Cl)C1. The average molecular weight is 284 g/mol. The third kappa shape index (κ3) is 3.47. The minimum Gasteiger partial charge on any atom is -0.342 e. The molecule has 0 saturated carbocycles. The van der Waals surface area contributed by atoms with Crippen molar-refractivity contribution in [3.8, 4) is 0 Å². The lowest BCUT2D eigenvalue weighted by Gasteiger charge is -2.35. The number of carbonyl (C=O) groups is 1. The van der Waals surface area contributed by atoms with E-state index in [1.807, 2.05) is 4.90 Å². The van der Waals surface area contributed by atoms with E-state index in [1.165, 1.54) is 6.07 Å². The quantitative estimate of drug-likeness (QED) is 0.813. The van der Waals surface area contributed by atoms with E-state index in [9.17, 15) is 9.18 Å². The third-order valence-electron chi connectivity index (χ3n) is 3.61. The molecule has 0 aliphatic carbocycles. The molecule has 1 aromatic carbocycles. The first kappa shape index (κ1) is 14.3. The Morgan fingerprint density at radius 3 is 2.58 bits per heavy atom. The molecule has 1 saturated heterocycles. The zero-order valence-electron chi connectivity index (χ0n) is 11.3. The van der Waals surface area contributed by atoms with Crippen molar-refractivity contribution >= 4 is 17.5 Å². The molecule has 19 heavy (non-hydrogen) atoms. The fourth-order valence-electron chi connectivity index (χ4n) is 2.83. The van der Waals surface area contributed by atoms with Crippen LogP contribution in [-0.4, -0.2) is 23.9 Å². The molecule has 2 rings (SSSR count). The molecular formula is C15H19ClFNO. The normalized spacial score (nSPS) is 23.5. The molecule has 2 nitrogen and oxygen atoms in total. The van der Waals surface area contributed by atoms with Crippen LogP contribution >= 0.6 is 11.6 Å². The van der Waals surface area contributed by atoms with Gasteiger partial charge in [-0.1, -0.05) is 31.5 Å². The van der Waals surface area contributed by atoms with E-state index in [-0.39, 0.29) is 12.3 Å². The molecule has 1 amide bonds. The Morgan fingerprint density at radius 2 is 2.00 bits per heavy atom. The number of piperidine rings is 1. The number of benzene rings is 1. The number of nitrogens with zero attached hydrogens (tertiary/aromatic N) is 1. The van der Waals surface area contributed by atoms with Crippen molar-refractivity contribution in [3.05, 3.63) is 34.6 Å². The number of halogens is 2. The first-order valence-electron chi connectivity index (χ1n) is 6.68.